The van der Waals surface area contributed by atoms with E-state index >= 15 is 0 Å². The van der Waals surface area contributed by atoms with Crippen molar-refractivity contribution >= 4 is 17.5 Å². The first-order valence-corrected chi connectivity index (χ1v) is 9.39. The van der Waals surface area contributed by atoms with Crippen LogP contribution >= 0.6 is 0 Å². The summed E-state index contributed by atoms with van der Waals surface area (Å²) in [5, 5.41) is 2.97. The van der Waals surface area contributed by atoms with Gasteiger partial charge in [-0.15, -0.1) is 0 Å². The SMILES string of the molecule is CN(C)C(=O)c1ccc2c(c1)N(C)[C@@H](CC(=O)NCCCn1ccnc1)CO2. The predicted octanol–water partition coefficient (Wildman–Crippen LogP) is 1.38. The second kappa shape index (κ2) is 8.77. The number of rotatable bonds is 7. The van der Waals surface area contributed by atoms with Gasteiger partial charge in [0, 0.05) is 52.2 Å². The van der Waals surface area contributed by atoms with Gasteiger partial charge in [0.05, 0.1) is 24.5 Å². The predicted molar refractivity (Wildman–Crippen MR) is 107 cm³/mol. The first kappa shape index (κ1) is 19.7. The number of imidazole rings is 1. The standard InChI is InChI=1S/C20H27N5O3/c1-23(2)20(27)15-5-6-18-17(11-15)24(3)16(13-28-18)12-19(26)22-7-4-9-25-10-8-21-14-25/h5-6,8,10-11,14,16H,4,7,9,12-13H2,1-3H3,(H,22,26)/t16-/m0/s1. The lowest BCUT2D eigenvalue weighted by molar-refractivity contribution is -0.121. The lowest BCUT2D eigenvalue weighted by Gasteiger charge is -2.35. The summed E-state index contributed by atoms with van der Waals surface area (Å²) >= 11 is 0. The molecule has 0 saturated carbocycles. The zero-order chi connectivity index (χ0) is 20.1. The number of hydrogen-bond donors (Lipinski definition) is 1. The molecule has 0 fully saturated rings. The number of anilines is 1. The molecule has 0 radical (unpaired) electrons. The van der Waals surface area contributed by atoms with Gasteiger partial charge in [-0.05, 0) is 24.6 Å². The van der Waals surface area contributed by atoms with Crippen LogP contribution in [0, 0.1) is 0 Å². The number of ether oxygens (including phenoxy) is 1. The number of nitrogens with one attached hydrogen (secondary N) is 1. The second-order valence-corrected chi connectivity index (χ2v) is 7.17. The lowest BCUT2D eigenvalue weighted by Crippen LogP contribution is -2.44. The fourth-order valence-corrected chi connectivity index (χ4v) is 3.19. The first-order valence-electron chi connectivity index (χ1n) is 9.39. The van der Waals surface area contributed by atoms with Gasteiger partial charge in [-0.3, -0.25) is 9.59 Å². The highest BCUT2D eigenvalue weighted by molar-refractivity contribution is 5.95. The number of nitrogens with zero attached hydrogens (tertiary/aromatic N) is 4. The first-order chi connectivity index (χ1) is 13.5. The maximum atomic E-state index is 12.3. The summed E-state index contributed by atoms with van der Waals surface area (Å²) in [6.07, 6.45) is 6.60. The van der Waals surface area contributed by atoms with E-state index in [9.17, 15) is 9.59 Å². The molecule has 1 aliphatic heterocycles. The molecule has 1 aliphatic rings. The van der Waals surface area contributed by atoms with Crippen molar-refractivity contribution in [3.63, 3.8) is 0 Å². The van der Waals surface area contributed by atoms with Crippen molar-refractivity contribution in [2.24, 2.45) is 0 Å². The van der Waals surface area contributed by atoms with Gasteiger partial charge < -0.3 is 24.4 Å². The van der Waals surface area contributed by atoms with Crippen molar-refractivity contribution in [2.45, 2.75) is 25.4 Å². The van der Waals surface area contributed by atoms with Crippen LogP contribution in [0.5, 0.6) is 5.75 Å². The Bertz CT molecular complexity index is 819. The quantitative estimate of drug-likeness (QED) is 0.729. The molecular formula is C20H27N5O3. The number of carbonyl (C=O) groups is 2. The average Bonchev–Trinajstić information content (AvgIpc) is 3.20. The molecule has 1 aromatic carbocycles. The molecule has 0 saturated heterocycles. The summed E-state index contributed by atoms with van der Waals surface area (Å²) in [5.74, 6) is 0.666. The molecule has 0 unspecified atom stereocenters. The molecule has 0 spiro atoms. The number of amides is 2. The van der Waals surface area contributed by atoms with E-state index in [4.69, 9.17) is 4.74 Å². The van der Waals surface area contributed by atoms with Crippen LogP contribution in [0.3, 0.4) is 0 Å². The fourth-order valence-electron chi connectivity index (χ4n) is 3.19. The van der Waals surface area contributed by atoms with E-state index in [1.807, 2.05) is 34.8 Å². The van der Waals surface area contributed by atoms with Crippen LogP contribution in [-0.4, -0.2) is 66.6 Å². The van der Waals surface area contributed by atoms with Gasteiger partial charge in [0.15, 0.2) is 0 Å². The van der Waals surface area contributed by atoms with Gasteiger partial charge in [-0.25, -0.2) is 4.98 Å². The minimum atomic E-state index is -0.0779. The van der Waals surface area contributed by atoms with E-state index in [2.05, 4.69) is 10.3 Å². The number of benzene rings is 1. The van der Waals surface area contributed by atoms with Gasteiger partial charge >= 0.3 is 0 Å². The monoisotopic (exact) mass is 385 g/mol. The van der Waals surface area contributed by atoms with E-state index < -0.39 is 0 Å². The Hall–Kier alpha value is -3.03. The van der Waals surface area contributed by atoms with E-state index in [1.165, 1.54) is 0 Å². The molecule has 2 aromatic rings. The van der Waals surface area contributed by atoms with Gasteiger partial charge in [0.1, 0.15) is 12.4 Å². The molecule has 2 heterocycles. The molecule has 0 bridgehead atoms. The molecule has 8 nitrogen and oxygen atoms in total. The van der Waals surface area contributed by atoms with Crippen molar-refractivity contribution in [1.82, 2.24) is 19.8 Å². The number of carbonyl (C=O) groups excluding carboxylic acids is 2. The van der Waals surface area contributed by atoms with Crippen LogP contribution in [0.2, 0.25) is 0 Å². The Morgan fingerprint density at radius 1 is 1.36 bits per heavy atom. The number of aromatic nitrogens is 2. The third-order valence-electron chi connectivity index (χ3n) is 4.87. The Kier molecular flexibility index (Phi) is 6.18. The van der Waals surface area contributed by atoms with E-state index in [0.717, 1.165) is 24.4 Å². The summed E-state index contributed by atoms with van der Waals surface area (Å²) in [7, 11) is 5.38. The third kappa shape index (κ3) is 4.62. The second-order valence-electron chi connectivity index (χ2n) is 7.17. The Labute approximate surface area is 165 Å². The number of hydrogen-bond acceptors (Lipinski definition) is 5. The molecule has 3 rings (SSSR count). The van der Waals surface area contributed by atoms with Crippen molar-refractivity contribution in [2.75, 3.05) is 39.2 Å². The largest absolute Gasteiger partial charge is 0.489 e. The molecule has 1 aromatic heterocycles. The van der Waals surface area contributed by atoms with Crippen molar-refractivity contribution in [3.8, 4) is 5.75 Å². The number of aryl methyl sites for hydroxylation is 1. The molecule has 1 atom stereocenters. The topological polar surface area (TPSA) is 79.7 Å². The summed E-state index contributed by atoms with van der Waals surface area (Å²) in [4.78, 5) is 32.1. The third-order valence-corrected chi connectivity index (χ3v) is 4.87. The van der Waals surface area contributed by atoms with Crippen LogP contribution in [0.15, 0.2) is 36.9 Å². The van der Waals surface area contributed by atoms with Crippen LogP contribution in [0.25, 0.3) is 0 Å². The minimum absolute atomic E-state index is 0.00458. The minimum Gasteiger partial charge on any atom is -0.489 e. The van der Waals surface area contributed by atoms with Crippen LogP contribution in [0.4, 0.5) is 5.69 Å². The maximum absolute atomic E-state index is 12.3. The Morgan fingerprint density at radius 3 is 2.89 bits per heavy atom. The summed E-state index contributed by atoms with van der Waals surface area (Å²) in [6, 6.07) is 5.33. The van der Waals surface area contributed by atoms with Gasteiger partial charge in [-0.1, -0.05) is 0 Å². The normalized spacial score (nSPS) is 15.5. The molecule has 1 N–H and O–H groups in total. The zero-order valence-electron chi connectivity index (χ0n) is 16.6. The van der Waals surface area contributed by atoms with E-state index in [-0.39, 0.29) is 17.9 Å². The molecule has 150 valence electrons. The smallest absolute Gasteiger partial charge is 0.253 e. The molecule has 28 heavy (non-hydrogen) atoms. The van der Waals surface area contributed by atoms with Gasteiger partial charge in [0.25, 0.3) is 5.91 Å². The zero-order valence-corrected chi connectivity index (χ0v) is 16.6. The van der Waals surface area contributed by atoms with Crippen LogP contribution < -0.4 is 15.0 Å². The van der Waals surface area contributed by atoms with Gasteiger partial charge in [-0.2, -0.15) is 0 Å². The van der Waals surface area contributed by atoms with E-state index in [0.29, 0.717) is 25.1 Å². The Morgan fingerprint density at radius 2 is 2.18 bits per heavy atom. The van der Waals surface area contributed by atoms with Crippen LogP contribution in [0.1, 0.15) is 23.2 Å². The number of likely N-dealkylation sites (N-methyl/N-ethyl adjacent to an activating group) is 1. The van der Waals surface area contributed by atoms with Crippen LogP contribution in [-0.2, 0) is 11.3 Å². The molecular weight excluding hydrogens is 358 g/mol. The Balaban J connectivity index is 1.54. The summed E-state index contributed by atoms with van der Waals surface area (Å²) < 4.78 is 7.80. The summed E-state index contributed by atoms with van der Waals surface area (Å²) in [6.45, 7) is 1.88. The highest BCUT2D eigenvalue weighted by Gasteiger charge is 2.27. The number of fused-ring (bicyclic) bond motifs is 1. The summed E-state index contributed by atoms with van der Waals surface area (Å²) in [5.41, 5.74) is 1.43. The van der Waals surface area contributed by atoms with Crippen molar-refractivity contribution < 1.29 is 14.3 Å². The fraction of sp³-hybridized carbons (Fsp3) is 0.450. The maximum Gasteiger partial charge on any atom is 0.253 e. The molecule has 8 heteroatoms. The van der Waals surface area contributed by atoms with Crippen molar-refractivity contribution in [3.05, 3.63) is 42.5 Å². The average molecular weight is 385 g/mol. The van der Waals surface area contributed by atoms with E-state index in [1.54, 1.807) is 37.6 Å². The molecule has 0 aliphatic carbocycles. The lowest BCUT2D eigenvalue weighted by atomic mass is 10.1. The van der Waals surface area contributed by atoms with Gasteiger partial charge in [0.2, 0.25) is 5.91 Å². The molecule has 2 amide bonds. The van der Waals surface area contributed by atoms with Crippen molar-refractivity contribution in [1.29, 1.82) is 0 Å². The highest BCUT2D eigenvalue weighted by Crippen LogP contribution is 2.34. The highest BCUT2D eigenvalue weighted by atomic mass is 16.5.